The van der Waals surface area contributed by atoms with Gasteiger partial charge in [0.15, 0.2) is 0 Å². The lowest BCUT2D eigenvalue weighted by Gasteiger charge is -2.29. The Hall–Kier alpha value is -1.59. The van der Waals surface area contributed by atoms with E-state index in [2.05, 4.69) is 4.98 Å². The fourth-order valence-electron chi connectivity index (χ4n) is 2.17. The maximum Gasteiger partial charge on any atom is 0.143 e. The molecule has 2 atom stereocenters. The summed E-state index contributed by atoms with van der Waals surface area (Å²) in [5, 5.41) is 2.01. The molecule has 5 heteroatoms. The van der Waals surface area contributed by atoms with Crippen molar-refractivity contribution in [1.82, 2.24) is 4.98 Å². The van der Waals surface area contributed by atoms with E-state index in [-0.39, 0.29) is 12.1 Å². The Labute approximate surface area is 109 Å². The summed E-state index contributed by atoms with van der Waals surface area (Å²) in [4.78, 5) is 4.29. The minimum atomic E-state index is -0.0489. The molecule has 0 fully saturated rings. The molecule has 0 saturated heterocycles. The van der Waals surface area contributed by atoms with Crippen molar-refractivity contribution in [3.05, 3.63) is 40.3 Å². The van der Waals surface area contributed by atoms with Crippen LogP contribution in [0.4, 0.5) is 0 Å². The van der Waals surface area contributed by atoms with Crippen LogP contribution in [0.5, 0.6) is 11.5 Å². The molecular weight excluding hydrogens is 248 g/mol. The second-order valence-corrected chi connectivity index (χ2v) is 4.98. The minimum Gasteiger partial charge on any atom is -0.497 e. The van der Waals surface area contributed by atoms with Crippen LogP contribution in [0.3, 0.4) is 0 Å². The van der Waals surface area contributed by atoms with Gasteiger partial charge in [0.25, 0.3) is 0 Å². The van der Waals surface area contributed by atoms with Gasteiger partial charge in [0, 0.05) is 23.4 Å². The van der Waals surface area contributed by atoms with E-state index in [1.807, 2.05) is 29.1 Å². The van der Waals surface area contributed by atoms with Crippen LogP contribution in [0.2, 0.25) is 0 Å². The highest BCUT2D eigenvalue weighted by molar-refractivity contribution is 7.07. The molecule has 1 aliphatic rings. The van der Waals surface area contributed by atoms with Crippen LogP contribution in [0.1, 0.15) is 29.8 Å². The molecule has 4 nitrogen and oxygen atoms in total. The van der Waals surface area contributed by atoms with Crippen LogP contribution in [-0.4, -0.2) is 12.1 Å². The predicted molar refractivity (Wildman–Crippen MR) is 70.0 cm³/mol. The molecule has 1 aliphatic heterocycles. The molecule has 0 aliphatic carbocycles. The third kappa shape index (κ3) is 1.95. The number of aromatic nitrogens is 1. The van der Waals surface area contributed by atoms with E-state index >= 15 is 0 Å². The fraction of sp³-hybridized carbons (Fsp3) is 0.308. The van der Waals surface area contributed by atoms with Crippen molar-refractivity contribution in [3.63, 3.8) is 0 Å². The molecule has 2 N–H and O–H groups in total. The van der Waals surface area contributed by atoms with Gasteiger partial charge in [-0.2, -0.15) is 0 Å². The van der Waals surface area contributed by atoms with E-state index in [0.717, 1.165) is 29.2 Å². The number of ether oxygens (including phenoxy) is 2. The summed E-state index contributed by atoms with van der Waals surface area (Å²) in [6, 6.07) is 5.69. The van der Waals surface area contributed by atoms with Gasteiger partial charge in [-0.25, -0.2) is 4.98 Å². The van der Waals surface area contributed by atoms with E-state index < -0.39 is 0 Å². The van der Waals surface area contributed by atoms with Gasteiger partial charge in [-0.15, -0.1) is 11.3 Å². The van der Waals surface area contributed by atoms with Gasteiger partial charge in [0.1, 0.15) is 17.6 Å². The predicted octanol–water partition coefficient (Wildman–Crippen LogP) is 2.68. The number of methoxy groups -OCH3 is 1. The molecule has 0 amide bonds. The Bertz CT molecular complexity index is 542. The average molecular weight is 262 g/mol. The molecule has 1 unspecified atom stereocenters. The highest BCUT2D eigenvalue weighted by Crippen LogP contribution is 2.40. The number of hydrogen-bond donors (Lipinski definition) is 1. The third-order valence-electron chi connectivity index (χ3n) is 3.13. The van der Waals surface area contributed by atoms with Crippen LogP contribution in [-0.2, 0) is 0 Å². The van der Waals surface area contributed by atoms with E-state index in [9.17, 15) is 0 Å². The topological polar surface area (TPSA) is 57.4 Å². The largest absolute Gasteiger partial charge is 0.497 e. The molecule has 1 aromatic carbocycles. The summed E-state index contributed by atoms with van der Waals surface area (Å²) in [6.07, 6.45) is 0.691. The van der Waals surface area contributed by atoms with Crippen molar-refractivity contribution >= 4 is 11.3 Å². The number of thiazole rings is 1. The molecule has 2 aromatic rings. The average Bonchev–Trinajstić information content (AvgIpc) is 2.92. The molecule has 0 radical (unpaired) electrons. The summed E-state index contributed by atoms with van der Waals surface area (Å²) in [5.74, 6) is 1.63. The smallest absolute Gasteiger partial charge is 0.143 e. The number of nitrogens with two attached hydrogens (primary N) is 1. The van der Waals surface area contributed by atoms with Crippen LogP contribution < -0.4 is 15.2 Å². The lowest BCUT2D eigenvalue weighted by molar-refractivity contribution is 0.157. The van der Waals surface area contributed by atoms with Gasteiger partial charge in [-0.05, 0) is 18.2 Å². The summed E-state index contributed by atoms with van der Waals surface area (Å²) in [7, 11) is 1.65. The molecule has 0 bridgehead atoms. The van der Waals surface area contributed by atoms with Gasteiger partial charge < -0.3 is 15.2 Å². The SMILES string of the molecule is COc1ccc2c(c1)[C@H](N)CC(c1cscn1)O2. The molecule has 0 saturated carbocycles. The van der Waals surface area contributed by atoms with Crippen molar-refractivity contribution in [3.8, 4) is 11.5 Å². The number of hydrogen-bond acceptors (Lipinski definition) is 5. The zero-order valence-electron chi connectivity index (χ0n) is 10.00. The van der Waals surface area contributed by atoms with Crippen LogP contribution in [0, 0.1) is 0 Å². The highest BCUT2D eigenvalue weighted by Gasteiger charge is 2.28. The highest BCUT2D eigenvalue weighted by atomic mass is 32.1. The Balaban J connectivity index is 1.93. The minimum absolute atomic E-state index is 0.0458. The Kier molecular flexibility index (Phi) is 2.93. The van der Waals surface area contributed by atoms with Gasteiger partial charge in [-0.3, -0.25) is 0 Å². The van der Waals surface area contributed by atoms with Gasteiger partial charge in [0.2, 0.25) is 0 Å². The first-order valence-electron chi connectivity index (χ1n) is 5.76. The van der Waals surface area contributed by atoms with Crippen molar-refractivity contribution < 1.29 is 9.47 Å². The monoisotopic (exact) mass is 262 g/mol. The first-order valence-corrected chi connectivity index (χ1v) is 6.70. The van der Waals surface area contributed by atoms with Crippen LogP contribution in [0.15, 0.2) is 29.1 Å². The number of fused-ring (bicyclic) bond motifs is 1. The Morgan fingerprint density at radius 1 is 1.50 bits per heavy atom. The molecule has 3 rings (SSSR count). The maximum absolute atomic E-state index is 6.21. The third-order valence-corrected chi connectivity index (χ3v) is 3.74. The first-order chi connectivity index (χ1) is 8.78. The van der Waals surface area contributed by atoms with Gasteiger partial charge in [-0.1, -0.05) is 0 Å². The first kappa shape index (κ1) is 11.5. The molecule has 94 valence electrons. The van der Waals surface area contributed by atoms with E-state index in [1.165, 1.54) is 0 Å². The molecule has 0 spiro atoms. The van der Waals surface area contributed by atoms with Gasteiger partial charge >= 0.3 is 0 Å². The summed E-state index contributed by atoms with van der Waals surface area (Å²) in [6.45, 7) is 0. The second kappa shape index (κ2) is 4.59. The molecular formula is C13H14N2O2S. The zero-order chi connectivity index (χ0) is 12.5. The molecule has 18 heavy (non-hydrogen) atoms. The maximum atomic E-state index is 6.21. The van der Waals surface area contributed by atoms with Crippen molar-refractivity contribution in [2.24, 2.45) is 5.73 Å². The lowest BCUT2D eigenvalue weighted by atomic mass is 9.96. The van der Waals surface area contributed by atoms with E-state index in [4.69, 9.17) is 15.2 Å². The normalized spacial score (nSPS) is 22.1. The molecule has 2 heterocycles. The number of benzene rings is 1. The van der Waals surface area contributed by atoms with Crippen molar-refractivity contribution in [2.45, 2.75) is 18.6 Å². The summed E-state index contributed by atoms with van der Waals surface area (Å²) < 4.78 is 11.2. The Morgan fingerprint density at radius 3 is 3.11 bits per heavy atom. The van der Waals surface area contributed by atoms with Crippen LogP contribution in [0.25, 0.3) is 0 Å². The van der Waals surface area contributed by atoms with E-state index in [1.54, 1.807) is 18.4 Å². The second-order valence-electron chi connectivity index (χ2n) is 4.27. The Morgan fingerprint density at radius 2 is 2.39 bits per heavy atom. The summed E-state index contributed by atoms with van der Waals surface area (Å²) >= 11 is 1.57. The summed E-state index contributed by atoms with van der Waals surface area (Å²) in [5.41, 5.74) is 9.98. The van der Waals surface area contributed by atoms with Crippen molar-refractivity contribution in [2.75, 3.05) is 7.11 Å². The number of nitrogens with zero attached hydrogens (tertiary/aromatic N) is 1. The molecule has 1 aromatic heterocycles. The van der Waals surface area contributed by atoms with Gasteiger partial charge in [0.05, 0.1) is 18.3 Å². The van der Waals surface area contributed by atoms with E-state index in [0.29, 0.717) is 0 Å². The quantitative estimate of drug-likeness (QED) is 0.904. The lowest BCUT2D eigenvalue weighted by Crippen LogP contribution is -2.24. The van der Waals surface area contributed by atoms with Crippen molar-refractivity contribution in [1.29, 1.82) is 0 Å². The standard InChI is InChI=1S/C13H14N2O2S/c1-16-8-2-3-12-9(4-8)10(14)5-13(17-12)11-6-18-7-15-11/h2-4,6-7,10,13H,5,14H2,1H3/t10-,13?/m1/s1. The number of rotatable bonds is 2. The zero-order valence-corrected chi connectivity index (χ0v) is 10.8. The fourth-order valence-corrected chi connectivity index (χ4v) is 2.77. The van der Waals surface area contributed by atoms with Crippen LogP contribution >= 0.6 is 11.3 Å².